The predicted molar refractivity (Wildman–Crippen MR) is 280 cm³/mol. The first-order valence-corrected chi connectivity index (χ1v) is 27.2. The first-order valence-electron chi connectivity index (χ1n) is 24.2. The molecule has 0 bridgehead atoms. The molecule has 2 N–H and O–H groups in total. The van der Waals surface area contributed by atoms with Gasteiger partial charge < -0.3 is 19.6 Å². The summed E-state index contributed by atoms with van der Waals surface area (Å²) in [5, 5.41) is 1.14. The Kier molecular flexibility index (Phi) is 14.2. The molecule has 21 heteroatoms. The Morgan fingerprint density at radius 3 is 1.51 bits per heavy atom. The molecule has 2 aliphatic rings. The summed E-state index contributed by atoms with van der Waals surface area (Å²) in [5.41, 5.74) is 1.98. The summed E-state index contributed by atoms with van der Waals surface area (Å²) < 4.78 is 88.6. The molecular formula is C55H47F2N9O8S2. The van der Waals surface area contributed by atoms with Gasteiger partial charge in [0.05, 0.1) is 16.7 Å². The Labute approximate surface area is 435 Å². The van der Waals surface area contributed by atoms with Crippen LogP contribution in [-0.4, -0.2) is 127 Å². The Morgan fingerprint density at radius 1 is 0.461 bits per heavy atom. The molecule has 0 aliphatic carbocycles. The topological polar surface area (TPSA) is 212 Å². The molecule has 4 amide bonds. The highest BCUT2D eigenvalue weighted by Crippen LogP contribution is 2.33. The number of hydrogen-bond acceptors (Lipinski definition) is 11. The molecule has 76 heavy (non-hydrogen) atoms. The van der Waals surface area contributed by atoms with Gasteiger partial charge in [0, 0.05) is 104 Å². The normalized spacial score (nSPS) is 14.5. The van der Waals surface area contributed by atoms with Gasteiger partial charge >= 0.3 is 0 Å². The summed E-state index contributed by atoms with van der Waals surface area (Å²) in [6.07, 6.45) is 3.86. The van der Waals surface area contributed by atoms with Crippen LogP contribution < -0.4 is 9.44 Å². The third-order valence-electron chi connectivity index (χ3n) is 13.2. The standard InChI is InChI=1S/C55H47F2N9O8S2/c56-43-11-2-12-44(57)49(43)55(70)66-31-7-29-64(33-35-66)53(68)38-18-22-40(23-19-38)62-76(73,74)48-25-24-41(42-10-5-27-59-51(42)48)45-13-3-14-46(60-45)54(69)65-30-6-28-63(32-34-65)52(67)37-16-20-39(21-17-37)61-75(71,72)47-15-1-8-36-9-4-26-58-50(36)47/h1-5,8-27,61-62H,6-7,28-35H2. The lowest BCUT2D eigenvalue weighted by atomic mass is 10.0. The maximum atomic E-state index is 14.4. The van der Waals surface area contributed by atoms with Gasteiger partial charge in [-0.1, -0.05) is 42.5 Å². The van der Waals surface area contributed by atoms with E-state index in [4.69, 9.17) is 4.98 Å². The average Bonchev–Trinajstić information content (AvgIpc) is 3.85. The second-order valence-electron chi connectivity index (χ2n) is 18.1. The molecule has 5 heterocycles. The van der Waals surface area contributed by atoms with Crippen molar-refractivity contribution in [1.29, 1.82) is 0 Å². The van der Waals surface area contributed by atoms with Gasteiger partial charge in [-0.05, 0) is 110 Å². The van der Waals surface area contributed by atoms with Gasteiger partial charge in [0.2, 0.25) is 0 Å². The molecule has 0 unspecified atom stereocenters. The third-order valence-corrected chi connectivity index (χ3v) is 16.1. The van der Waals surface area contributed by atoms with E-state index in [9.17, 15) is 44.8 Å². The van der Waals surface area contributed by atoms with E-state index in [0.717, 1.165) is 12.1 Å². The predicted octanol–water partition coefficient (Wildman–Crippen LogP) is 7.70. The second kappa shape index (κ2) is 21.3. The number of anilines is 2. The fourth-order valence-corrected chi connectivity index (χ4v) is 11.9. The average molecular weight is 1060 g/mol. The summed E-state index contributed by atoms with van der Waals surface area (Å²) in [7, 11) is -8.27. The van der Waals surface area contributed by atoms with Crippen molar-refractivity contribution in [3.63, 3.8) is 0 Å². The van der Waals surface area contributed by atoms with Crippen LogP contribution in [0.5, 0.6) is 0 Å². The van der Waals surface area contributed by atoms with Crippen molar-refractivity contribution in [3.8, 4) is 11.3 Å². The monoisotopic (exact) mass is 1060 g/mol. The van der Waals surface area contributed by atoms with E-state index < -0.39 is 43.2 Å². The number of rotatable bonds is 11. The van der Waals surface area contributed by atoms with E-state index in [-0.39, 0.29) is 94.9 Å². The quantitative estimate of drug-likeness (QED) is 0.128. The summed E-state index contributed by atoms with van der Waals surface area (Å²) in [6.45, 7) is 1.86. The Balaban J connectivity index is 0.771. The lowest BCUT2D eigenvalue weighted by Crippen LogP contribution is -2.38. The zero-order chi connectivity index (χ0) is 53.1. The van der Waals surface area contributed by atoms with Gasteiger partial charge in [0.25, 0.3) is 43.7 Å². The van der Waals surface area contributed by atoms with Crippen LogP contribution in [0.4, 0.5) is 20.2 Å². The van der Waals surface area contributed by atoms with Crippen LogP contribution in [0.25, 0.3) is 33.1 Å². The number of sulfonamides is 2. The van der Waals surface area contributed by atoms with E-state index in [1.807, 2.05) is 0 Å². The van der Waals surface area contributed by atoms with Gasteiger partial charge in [-0.25, -0.2) is 30.6 Å². The van der Waals surface area contributed by atoms with Crippen molar-refractivity contribution in [1.82, 2.24) is 34.6 Å². The molecule has 3 aromatic heterocycles. The van der Waals surface area contributed by atoms with Crippen molar-refractivity contribution in [2.24, 2.45) is 0 Å². The zero-order valence-corrected chi connectivity index (χ0v) is 42.1. The number of pyridine rings is 3. The molecule has 0 spiro atoms. The summed E-state index contributed by atoms with van der Waals surface area (Å²) in [6, 6.07) is 35.0. The number of carbonyl (C=O) groups excluding carboxylic acids is 4. The fourth-order valence-electron chi connectivity index (χ4n) is 9.40. The number of aromatic nitrogens is 3. The van der Waals surface area contributed by atoms with Crippen LogP contribution in [0.1, 0.15) is 54.4 Å². The molecule has 2 fully saturated rings. The molecule has 386 valence electrons. The number of carbonyl (C=O) groups is 4. The van der Waals surface area contributed by atoms with Gasteiger partial charge in [-0.2, -0.15) is 0 Å². The molecule has 0 radical (unpaired) electrons. The minimum absolute atomic E-state index is 0.0300. The first-order chi connectivity index (χ1) is 36.6. The number of amides is 4. The number of fused-ring (bicyclic) bond motifs is 2. The van der Waals surface area contributed by atoms with Crippen molar-refractivity contribution in [2.75, 3.05) is 61.8 Å². The van der Waals surface area contributed by atoms with Gasteiger partial charge in [0.1, 0.15) is 32.7 Å². The van der Waals surface area contributed by atoms with Crippen LogP contribution in [0.3, 0.4) is 0 Å². The summed E-state index contributed by atoms with van der Waals surface area (Å²) in [4.78, 5) is 73.7. The van der Waals surface area contributed by atoms with Crippen LogP contribution in [0.15, 0.2) is 162 Å². The minimum Gasteiger partial charge on any atom is -0.337 e. The van der Waals surface area contributed by atoms with Gasteiger partial charge in [0.15, 0.2) is 0 Å². The Hall–Kier alpha value is -8.69. The number of halogens is 2. The maximum Gasteiger partial charge on any atom is 0.272 e. The third kappa shape index (κ3) is 10.5. The van der Waals surface area contributed by atoms with E-state index in [2.05, 4.69) is 19.4 Å². The van der Waals surface area contributed by atoms with Crippen molar-refractivity contribution >= 4 is 76.9 Å². The Morgan fingerprint density at radius 2 is 0.934 bits per heavy atom. The fraction of sp³-hybridized carbons (Fsp3) is 0.182. The molecule has 10 rings (SSSR count). The molecule has 8 aromatic rings. The molecule has 2 aliphatic heterocycles. The smallest absolute Gasteiger partial charge is 0.272 e. The SMILES string of the molecule is O=C(c1ccc(NS(=O)(=O)c2cccc3cccnc23)cc1)N1CCCN(C(=O)c2cccc(-c3ccc(S(=O)(=O)Nc4ccc(C(=O)N5CCCN(C(=O)c6c(F)cccc6F)CC5)cc4)c4ncccc34)n2)CC1. The molecule has 17 nitrogen and oxygen atoms in total. The van der Waals surface area contributed by atoms with Gasteiger partial charge in [-0.3, -0.25) is 38.6 Å². The number of para-hydroxylation sites is 1. The van der Waals surface area contributed by atoms with Gasteiger partial charge in [-0.15, -0.1) is 0 Å². The van der Waals surface area contributed by atoms with Crippen molar-refractivity contribution in [3.05, 3.63) is 186 Å². The van der Waals surface area contributed by atoms with Crippen LogP contribution in [0.2, 0.25) is 0 Å². The summed E-state index contributed by atoms with van der Waals surface area (Å²) in [5.74, 6) is -3.70. The first kappa shape index (κ1) is 50.8. The van der Waals surface area contributed by atoms with Crippen molar-refractivity contribution < 1.29 is 44.8 Å². The van der Waals surface area contributed by atoms with Crippen LogP contribution in [-0.2, 0) is 20.0 Å². The van der Waals surface area contributed by atoms with Crippen LogP contribution >= 0.6 is 0 Å². The van der Waals surface area contributed by atoms with E-state index in [0.29, 0.717) is 59.0 Å². The maximum absolute atomic E-state index is 14.4. The molecule has 2 saturated heterocycles. The molecule has 0 saturated carbocycles. The highest BCUT2D eigenvalue weighted by Gasteiger charge is 2.29. The largest absolute Gasteiger partial charge is 0.337 e. The lowest BCUT2D eigenvalue weighted by Gasteiger charge is -2.22. The number of nitrogens with zero attached hydrogens (tertiary/aromatic N) is 7. The van der Waals surface area contributed by atoms with Crippen molar-refractivity contribution in [2.45, 2.75) is 22.6 Å². The molecular weight excluding hydrogens is 1020 g/mol. The lowest BCUT2D eigenvalue weighted by molar-refractivity contribution is 0.0713. The zero-order valence-electron chi connectivity index (χ0n) is 40.5. The van der Waals surface area contributed by atoms with Crippen LogP contribution in [0, 0.1) is 11.6 Å². The Bertz CT molecular complexity index is 3790. The molecule has 5 aromatic carbocycles. The minimum atomic E-state index is -4.27. The molecule has 0 atom stereocenters. The van der Waals surface area contributed by atoms with E-state index in [1.165, 1.54) is 76.8 Å². The van der Waals surface area contributed by atoms with E-state index in [1.54, 1.807) is 82.6 Å². The second-order valence-corrected chi connectivity index (χ2v) is 21.4. The highest BCUT2D eigenvalue weighted by atomic mass is 32.2. The number of hydrogen-bond donors (Lipinski definition) is 2. The highest BCUT2D eigenvalue weighted by molar-refractivity contribution is 7.93. The summed E-state index contributed by atoms with van der Waals surface area (Å²) >= 11 is 0. The van der Waals surface area contributed by atoms with E-state index >= 15 is 0 Å². The number of nitrogens with one attached hydrogen (secondary N) is 2. The number of benzene rings is 5.